The van der Waals surface area contributed by atoms with Crippen LogP contribution in [-0.4, -0.2) is 269 Å². The van der Waals surface area contributed by atoms with Crippen LogP contribution in [-0.2, 0) is 68.7 Å². The Bertz CT molecular complexity index is 2640. The molecule has 0 fully saturated rings. The standard InChI is InChI=1S/C51H87N17O21S2/c1-21(2)35(46(84)64-33(19-90)50(88)89)65-42(80)29(11-13-91-6)59-45(83)32(18-71)62-40(78)27(8-7-12-56-51(53)54)58-44(82)31(17-70)63-41(79)28(9-10-34(75)76)60-47(85)37(23(4)73)68-49(87)38(24(5)74)67-43(81)30(14-25-15-55-20-57-25)61-48(86)36(22(3)72)66-39(77)26(52)16-69/h15,20-24,26-33,35-38,69-74,90H,7-14,16-19,52H2,1-6H3,(H,55,57)(H,58,82)(H,59,83)(H,60,85)(H,61,86)(H,62,78)(H,63,79)(H,64,84)(H,65,80)(H,66,77)(H,67,81)(H,68,87)(H,75,76)(H,88,89)(H4,53,54,56)/t22-,23-,24-,26+,27+,28+,29+,30+,31+,32+,33+,35+,36+,37+,38+/m1/s1. The van der Waals surface area contributed by atoms with Gasteiger partial charge in [-0.15, -0.1) is 0 Å². The molecular weight excluding hydrogens is 1250 g/mol. The van der Waals surface area contributed by atoms with Crippen LogP contribution in [0.3, 0.4) is 0 Å². The second-order valence-electron chi connectivity index (χ2n) is 21.0. The van der Waals surface area contributed by atoms with Gasteiger partial charge in [-0.25, -0.2) is 9.78 Å². The zero-order valence-corrected chi connectivity index (χ0v) is 52.5. The molecule has 38 nitrogen and oxygen atoms in total. The predicted molar refractivity (Wildman–Crippen MR) is 324 cm³/mol. The summed E-state index contributed by atoms with van der Waals surface area (Å²) < 4.78 is 0. The highest BCUT2D eigenvalue weighted by Gasteiger charge is 2.39. The summed E-state index contributed by atoms with van der Waals surface area (Å²) >= 11 is 5.20. The summed E-state index contributed by atoms with van der Waals surface area (Å²) in [6.07, 6.45) is -3.59. The quantitative estimate of drug-likeness (QED) is 0.0125. The minimum Gasteiger partial charge on any atom is -0.481 e. The number of aliphatic imine (C=N–C) groups is 1. The van der Waals surface area contributed by atoms with Crippen LogP contribution in [0.2, 0.25) is 0 Å². The lowest BCUT2D eigenvalue weighted by Gasteiger charge is -2.29. The van der Waals surface area contributed by atoms with Gasteiger partial charge in [-0.3, -0.25) is 62.5 Å². The van der Waals surface area contributed by atoms with E-state index in [1.165, 1.54) is 24.3 Å². The number of guanidine groups is 1. The van der Waals surface area contributed by atoms with Gasteiger partial charge in [0.1, 0.15) is 72.5 Å². The first kappa shape index (κ1) is 81.0. The lowest BCUT2D eigenvalue weighted by atomic mass is 10.0. The van der Waals surface area contributed by atoms with Gasteiger partial charge in [-0.1, -0.05) is 13.8 Å². The van der Waals surface area contributed by atoms with E-state index in [1.54, 1.807) is 20.1 Å². The molecule has 0 aliphatic carbocycles. The van der Waals surface area contributed by atoms with Gasteiger partial charge in [-0.2, -0.15) is 24.4 Å². The molecular formula is C51H87N17O21S2. The van der Waals surface area contributed by atoms with E-state index in [9.17, 15) is 103 Å². The number of aliphatic carboxylic acids is 2. The number of nitrogens with one attached hydrogen (secondary N) is 12. The van der Waals surface area contributed by atoms with Gasteiger partial charge in [0.05, 0.1) is 44.5 Å². The summed E-state index contributed by atoms with van der Waals surface area (Å²) in [5, 5.41) is 106. The molecule has 0 radical (unpaired) electrons. The number of H-pyrrole nitrogens is 1. The first-order chi connectivity index (χ1) is 42.7. The number of amides is 11. The molecule has 0 aliphatic heterocycles. The maximum atomic E-state index is 13.9. The zero-order chi connectivity index (χ0) is 69.4. The molecule has 0 saturated carbocycles. The van der Waals surface area contributed by atoms with Gasteiger partial charge in [0.25, 0.3) is 0 Å². The van der Waals surface area contributed by atoms with Crippen molar-refractivity contribution in [3.63, 3.8) is 0 Å². The van der Waals surface area contributed by atoms with Crippen LogP contribution in [0.1, 0.15) is 72.4 Å². The van der Waals surface area contributed by atoms with Crippen LogP contribution < -0.4 is 75.7 Å². The van der Waals surface area contributed by atoms with E-state index in [1.807, 2.05) is 0 Å². The van der Waals surface area contributed by atoms with Crippen molar-refractivity contribution < 1.29 is 103 Å². The summed E-state index contributed by atoms with van der Waals surface area (Å²) in [6, 6.07) is -20.7. The van der Waals surface area contributed by atoms with E-state index < -0.39 is 213 Å². The SMILES string of the molecule is CSCC[C@H](NC(=O)[C@H](CO)NC(=O)[C@H](CCCN=C(N)N)NC(=O)[C@H](CO)NC(=O)[C@H](CCC(=O)O)NC(=O)[C@@H](NC(=O)[C@@H](NC(=O)[C@H](Cc1cnc[nH]1)NC(=O)[C@@H](NC(=O)[C@@H](N)CO)[C@@H](C)O)[C@@H](C)O)[C@@H](C)O)C(=O)N[C@H](C(=O)N[C@@H](CS)C(=O)O)C(C)C. The monoisotopic (exact) mass is 1340 g/mol. The fraction of sp³-hybridized carbons (Fsp3) is 0.667. The second-order valence-corrected chi connectivity index (χ2v) is 22.3. The van der Waals surface area contributed by atoms with E-state index in [4.69, 9.17) is 17.2 Å². The third kappa shape index (κ3) is 28.8. The van der Waals surface area contributed by atoms with E-state index in [0.717, 1.165) is 20.8 Å². The van der Waals surface area contributed by atoms with Crippen molar-refractivity contribution in [1.29, 1.82) is 0 Å². The minimum absolute atomic E-state index is 0.0570. The highest BCUT2D eigenvalue weighted by atomic mass is 32.2. The number of carboxylic acids is 2. The molecule has 0 bridgehead atoms. The van der Waals surface area contributed by atoms with Crippen molar-refractivity contribution in [3.8, 4) is 0 Å². The second kappa shape index (κ2) is 41.4. The van der Waals surface area contributed by atoms with Gasteiger partial charge in [-0.05, 0) is 64.4 Å². The van der Waals surface area contributed by atoms with E-state index in [2.05, 4.69) is 86.1 Å². The van der Waals surface area contributed by atoms with Gasteiger partial charge < -0.3 is 122 Å². The summed E-state index contributed by atoms with van der Waals surface area (Å²) in [5.41, 5.74) is 16.6. The Labute approximate surface area is 531 Å². The van der Waals surface area contributed by atoms with Crippen molar-refractivity contribution >= 4 is 107 Å². The number of carbonyl (C=O) groups excluding carboxylic acids is 11. The van der Waals surface area contributed by atoms with Crippen molar-refractivity contribution in [2.45, 2.75) is 164 Å². The predicted octanol–water partition coefficient (Wildman–Crippen LogP) is -10.9. The fourth-order valence-electron chi connectivity index (χ4n) is 7.93. The normalized spacial score (nSPS) is 16.1. The summed E-state index contributed by atoms with van der Waals surface area (Å²) in [4.78, 5) is 183. The molecule has 91 heavy (non-hydrogen) atoms. The number of aromatic amines is 1. The average molecular weight is 1340 g/mol. The summed E-state index contributed by atoms with van der Waals surface area (Å²) in [5.74, 6) is -16.8. The number of aromatic nitrogens is 2. The summed E-state index contributed by atoms with van der Waals surface area (Å²) in [6.45, 7) is 2.92. The van der Waals surface area contributed by atoms with Crippen molar-refractivity contribution in [2.24, 2.45) is 28.1 Å². The van der Waals surface area contributed by atoms with Crippen LogP contribution in [0.15, 0.2) is 17.5 Å². The Morgan fingerprint density at radius 1 is 0.538 bits per heavy atom. The number of carbonyl (C=O) groups is 13. The molecule has 1 aromatic rings. The number of rotatable bonds is 43. The lowest BCUT2D eigenvalue weighted by Crippen LogP contribution is -2.64. The average Bonchev–Trinajstić information content (AvgIpc) is 2.18. The van der Waals surface area contributed by atoms with Gasteiger partial charge in [0, 0.05) is 37.0 Å². The zero-order valence-electron chi connectivity index (χ0n) is 50.7. The number of nitrogens with two attached hydrogens (primary N) is 3. The number of hydrogen-bond donors (Lipinski definition) is 24. The van der Waals surface area contributed by atoms with Crippen molar-refractivity contribution in [2.75, 3.05) is 44.1 Å². The fourth-order valence-corrected chi connectivity index (χ4v) is 8.65. The molecule has 11 amide bonds. The van der Waals surface area contributed by atoms with E-state index >= 15 is 0 Å². The van der Waals surface area contributed by atoms with Crippen LogP contribution >= 0.6 is 24.4 Å². The topological polar surface area (TPSA) is 635 Å². The molecule has 0 aliphatic rings. The van der Waals surface area contributed by atoms with Crippen LogP contribution in [0.4, 0.5) is 0 Å². The third-order valence-electron chi connectivity index (χ3n) is 13.1. The first-order valence-corrected chi connectivity index (χ1v) is 30.2. The van der Waals surface area contributed by atoms with Crippen molar-refractivity contribution in [1.82, 2.24) is 68.5 Å². The van der Waals surface area contributed by atoms with Crippen molar-refractivity contribution in [3.05, 3.63) is 18.2 Å². The molecule has 0 spiro atoms. The number of nitrogens with zero attached hydrogens (tertiary/aromatic N) is 2. The Balaban J connectivity index is 3.49. The number of aliphatic hydroxyl groups is 6. The number of hydrogen-bond acceptors (Lipinski definition) is 24. The highest BCUT2D eigenvalue weighted by molar-refractivity contribution is 7.98. The molecule has 15 atom stereocenters. The first-order valence-electron chi connectivity index (χ1n) is 28.2. The van der Waals surface area contributed by atoms with Crippen LogP contribution in [0.5, 0.6) is 0 Å². The lowest BCUT2D eigenvalue weighted by molar-refractivity contribution is -0.142. The largest absolute Gasteiger partial charge is 0.481 e. The van der Waals surface area contributed by atoms with Gasteiger partial charge >= 0.3 is 11.9 Å². The van der Waals surface area contributed by atoms with Crippen LogP contribution in [0.25, 0.3) is 0 Å². The number of thiol groups is 1. The molecule has 40 heteroatoms. The molecule has 1 heterocycles. The Morgan fingerprint density at radius 2 is 0.923 bits per heavy atom. The minimum atomic E-state index is -2.08. The maximum Gasteiger partial charge on any atom is 0.327 e. The number of aliphatic hydroxyl groups excluding tert-OH is 6. The highest BCUT2D eigenvalue weighted by Crippen LogP contribution is 2.11. The van der Waals surface area contributed by atoms with Crippen LogP contribution in [0, 0.1) is 5.92 Å². The van der Waals surface area contributed by atoms with Gasteiger partial charge in [0.2, 0.25) is 65.0 Å². The number of imidazole rings is 1. The molecule has 0 unspecified atom stereocenters. The smallest absolute Gasteiger partial charge is 0.327 e. The maximum absolute atomic E-state index is 13.9. The molecule has 1 aromatic heterocycles. The molecule has 0 aromatic carbocycles. The molecule has 1 rings (SSSR count). The summed E-state index contributed by atoms with van der Waals surface area (Å²) in [7, 11) is 0. The van der Waals surface area contributed by atoms with E-state index in [0.29, 0.717) is 0 Å². The Kier molecular flexibility index (Phi) is 36.9. The Hall–Kier alpha value is -7.99. The third-order valence-corrected chi connectivity index (χ3v) is 14.1. The molecule has 26 N–H and O–H groups in total. The molecule has 0 saturated heterocycles. The molecule has 514 valence electrons. The van der Waals surface area contributed by atoms with E-state index in [-0.39, 0.29) is 49.0 Å². The van der Waals surface area contributed by atoms with Gasteiger partial charge in [0.15, 0.2) is 5.96 Å². The number of carboxylic acid groups (broad SMARTS) is 2. The Morgan fingerprint density at radius 3 is 1.34 bits per heavy atom. The number of thioether (sulfide) groups is 1.